The highest BCUT2D eigenvalue weighted by Crippen LogP contribution is 2.45. The van der Waals surface area contributed by atoms with Crippen LogP contribution in [0.5, 0.6) is 0 Å². The second-order valence-electron chi connectivity index (χ2n) is 8.07. The Labute approximate surface area is 161 Å². The molecule has 0 radical (unpaired) electrons. The molecule has 27 heavy (non-hydrogen) atoms. The van der Waals surface area contributed by atoms with Crippen LogP contribution in [0.2, 0.25) is 0 Å². The van der Waals surface area contributed by atoms with E-state index in [1.165, 1.54) is 11.3 Å². The molecule has 2 aromatic heterocycles. The van der Waals surface area contributed by atoms with Gasteiger partial charge in [-0.3, -0.25) is 14.7 Å². The van der Waals surface area contributed by atoms with Gasteiger partial charge < -0.3 is 9.80 Å². The average molecular weight is 385 g/mol. The fraction of sp³-hybridized carbons (Fsp3) is 0.579. The minimum Gasteiger partial charge on any atom is -0.341 e. The van der Waals surface area contributed by atoms with E-state index < -0.39 is 0 Å². The Bertz CT molecular complexity index is 875. The third-order valence-electron chi connectivity index (χ3n) is 6.26. The van der Waals surface area contributed by atoms with Gasteiger partial charge in [0.25, 0.3) is 5.91 Å². The fourth-order valence-corrected chi connectivity index (χ4v) is 5.30. The molecule has 3 fully saturated rings. The van der Waals surface area contributed by atoms with Crippen LogP contribution in [0.1, 0.15) is 40.6 Å². The highest BCUT2D eigenvalue weighted by atomic mass is 32.1. The zero-order valence-corrected chi connectivity index (χ0v) is 16.2. The van der Waals surface area contributed by atoms with Gasteiger partial charge in [0.1, 0.15) is 5.82 Å². The number of hydrogen-bond donors (Lipinski definition) is 1. The molecule has 2 aliphatic heterocycles. The van der Waals surface area contributed by atoms with Crippen molar-refractivity contribution in [2.45, 2.75) is 31.6 Å². The third kappa shape index (κ3) is 2.77. The number of nitrogens with one attached hydrogen (secondary N) is 1. The summed E-state index contributed by atoms with van der Waals surface area (Å²) in [5.41, 5.74) is -0.248. The van der Waals surface area contributed by atoms with Gasteiger partial charge in [-0.15, -0.1) is 11.3 Å². The minimum absolute atomic E-state index is 0.0942. The number of nitrogens with zero attached hydrogens (tertiary/aromatic N) is 4. The van der Waals surface area contributed by atoms with Gasteiger partial charge in [-0.1, -0.05) is 6.07 Å². The summed E-state index contributed by atoms with van der Waals surface area (Å²) in [4.78, 5) is 34.9. The van der Waals surface area contributed by atoms with Crippen LogP contribution < -0.4 is 0 Å². The number of rotatable bonds is 3. The molecule has 8 heteroatoms. The Kier molecular flexibility index (Phi) is 3.86. The number of aromatic amines is 1. The van der Waals surface area contributed by atoms with Crippen molar-refractivity contribution in [1.82, 2.24) is 25.0 Å². The summed E-state index contributed by atoms with van der Waals surface area (Å²) in [6.45, 7) is 4.59. The van der Waals surface area contributed by atoms with E-state index in [1.807, 2.05) is 34.2 Å². The molecule has 1 N–H and O–H groups in total. The zero-order valence-electron chi connectivity index (χ0n) is 15.4. The molecule has 2 amide bonds. The number of thiophene rings is 1. The summed E-state index contributed by atoms with van der Waals surface area (Å²) in [6.07, 6.45) is 2.81. The lowest BCUT2D eigenvalue weighted by atomic mass is 9.72. The first-order chi connectivity index (χ1) is 13.1. The molecule has 3 aliphatic rings. The van der Waals surface area contributed by atoms with E-state index >= 15 is 0 Å². The molecule has 5 rings (SSSR count). The van der Waals surface area contributed by atoms with Crippen LogP contribution >= 0.6 is 11.3 Å². The van der Waals surface area contributed by atoms with Crippen molar-refractivity contribution >= 4 is 23.2 Å². The number of aryl methyl sites for hydroxylation is 1. The molecule has 0 spiro atoms. The summed E-state index contributed by atoms with van der Waals surface area (Å²) in [5.74, 6) is 2.35. The lowest BCUT2D eigenvalue weighted by Gasteiger charge is -2.41. The molecule has 0 bridgehead atoms. The summed E-state index contributed by atoms with van der Waals surface area (Å²) >= 11 is 1.48. The molecular formula is C19H23N5O2S. The maximum absolute atomic E-state index is 12.8. The maximum Gasteiger partial charge on any atom is 0.263 e. The highest BCUT2D eigenvalue weighted by Gasteiger charge is 2.55. The first kappa shape index (κ1) is 16.9. The number of H-pyrrole nitrogens is 1. The highest BCUT2D eigenvalue weighted by molar-refractivity contribution is 7.12. The van der Waals surface area contributed by atoms with Crippen molar-refractivity contribution in [2.24, 2.45) is 11.8 Å². The Morgan fingerprint density at radius 3 is 2.78 bits per heavy atom. The largest absolute Gasteiger partial charge is 0.341 e. The topological polar surface area (TPSA) is 82.2 Å². The molecule has 0 unspecified atom stereocenters. The van der Waals surface area contributed by atoms with Gasteiger partial charge in [0, 0.05) is 38.0 Å². The molecular weight excluding hydrogens is 362 g/mol. The number of piperidine rings is 1. The van der Waals surface area contributed by atoms with E-state index in [2.05, 4.69) is 15.2 Å². The van der Waals surface area contributed by atoms with Crippen LogP contribution in [0.25, 0.3) is 0 Å². The summed E-state index contributed by atoms with van der Waals surface area (Å²) in [6, 6.07) is 3.79. The number of carbonyl (C=O) groups excluding carboxylic acids is 2. The van der Waals surface area contributed by atoms with E-state index in [1.54, 1.807) is 0 Å². The van der Waals surface area contributed by atoms with Gasteiger partial charge in [-0.05, 0) is 37.6 Å². The van der Waals surface area contributed by atoms with Gasteiger partial charge >= 0.3 is 0 Å². The third-order valence-corrected chi connectivity index (χ3v) is 7.12. The Balaban J connectivity index is 1.43. The van der Waals surface area contributed by atoms with Crippen LogP contribution in [0.3, 0.4) is 0 Å². The fourth-order valence-electron chi connectivity index (χ4n) is 4.61. The van der Waals surface area contributed by atoms with Crippen LogP contribution in [0, 0.1) is 18.8 Å². The first-order valence-electron chi connectivity index (χ1n) is 9.58. The molecule has 1 saturated carbocycles. The Hall–Kier alpha value is -2.22. The number of likely N-dealkylation sites (tertiary alicyclic amines) is 2. The standard InChI is InChI=1S/C19H23N5O2S/c1-12-20-18(22-21-12)19-6-7-23(17(26)15-3-2-8-27-15)9-14(19)10-24(11-19)16(25)13-4-5-13/h2-3,8,13-14H,4-7,9-11H2,1H3,(H,20,21,22)/t14-,19-/m1/s1. The maximum atomic E-state index is 12.8. The summed E-state index contributed by atoms with van der Waals surface area (Å²) in [7, 11) is 0. The molecule has 2 saturated heterocycles. The normalized spacial score (nSPS) is 27.7. The number of fused-ring (bicyclic) bond motifs is 1. The predicted octanol–water partition coefficient (Wildman–Crippen LogP) is 1.83. The van der Waals surface area contributed by atoms with Crippen LogP contribution in [-0.2, 0) is 10.2 Å². The second kappa shape index (κ2) is 6.15. The van der Waals surface area contributed by atoms with Gasteiger partial charge in [0.15, 0.2) is 5.82 Å². The van der Waals surface area contributed by atoms with Gasteiger partial charge in [0.05, 0.1) is 10.3 Å². The van der Waals surface area contributed by atoms with Gasteiger partial charge in [-0.2, -0.15) is 5.10 Å². The second-order valence-corrected chi connectivity index (χ2v) is 9.02. The number of amides is 2. The van der Waals surface area contributed by atoms with Crippen LogP contribution in [-0.4, -0.2) is 63.0 Å². The molecule has 0 aromatic carbocycles. The van der Waals surface area contributed by atoms with E-state index in [0.717, 1.165) is 35.8 Å². The molecule has 142 valence electrons. The van der Waals surface area contributed by atoms with Crippen molar-refractivity contribution in [3.63, 3.8) is 0 Å². The lowest BCUT2D eigenvalue weighted by Crippen LogP contribution is -2.51. The number of carbonyl (C=O) groups is 2. The van der Waals surface area contributed by atoms with Crippen molar-refractivity contribution in [2.75, 3.05) is 26.2 Å². The van der Waals surface area contributed by atoms with Crippen molar-refractivity contribution < 1.29 is 9.59 Å². The van der Waals surface area contributed by atoms with E-state index in [4.69, 9.17) is 0 Å². The number of aromatic nitrogens is 3. The molecule has 1 aliphatic carbocycles. The molecule has 7 nitrogen and oxygen atoms in total. The molecule has 4 heterocycles. The zero-order chi connectivity index (χ0) is 18.6. The van der Waals surface area contributed by atoms with Gasteiger partial charge in [-0.25, -0.2) is 4.98 Å². The molecule has 2 atom stereocenters. The Morgan fingerprint density at radius 1 is 1.30 bits per heavy atom. The number of hydrogen-bond acceptors (Lipinski definition) is 5. The first-order valence-corrected chi connectivity index (χ1v) is 10.5. The monoisotopic (exact) mass is 385 g/mol. The van der Waals surface area contributed by atoms with Crippen molar-refractivity contribution in [3.05, 3.63) is 34.0 Å². The van der Waals surface area contributed by atoms with Crippen molar-refractivity contribution in [1.29, 1.82) is 0 Å². The van der Waals surface area contributed by atoms with Gasteiger partial charge in [0.2, 0.25) is 5.91 Å². The minimum atomic E-state index is -0.248. The predicted molar refractivity (Wildman–Crippen MR) is 100 cm³/mol. The van der Waals surface area contributed by atoms with Crippen LogP contribution in [0.15, 0.2) is 17.5 Å². The summed E-state index contributed by atoms with van der Waals surface area (Å²) < 4.78 is 0. The smallest absolute Gasteiger partial charge is 0.263 e. The SMILES string of the molecule is Cc1nc([C@@]23CCN(C(=O)c4cccs4)C[C@@H]2CN(C(=O)C2CC2)C3)n[nH]1. The van der Waals surface area contributed by atoms with Crippen LogP contribution in [0.4, 0.5) is 0 Å². The van der Waals surface area contributed by atoms with Crippen molar-refractivity contribution in [3.8, 4) is 0 Å². The average Bonchev–Trinajstić information content (AvgIpc) is 3.08. The quantitative estimate of drug-likeness (QED) is 0.874. The summed E-state index contributed by atoms with van der Waals surface area (Å²) in [5, 5.41) is 9.37. The van der Waals surface area contributed by atoms with E-state index in [9.17, 15) is 9.59 Å². The Morgan fingerprint density at radius 2 is 2.11 bits per heavy atom. The molecule has 2 aromatic rings. The van der Waals surface area contributed by atoms with E-state index in [-0.39, 0.29) is 29.1 Å². The van der Waals surface area contributed by atoms with E-state index in [0.29, 0.717) is 26.2 Å². The lowest BCUT2D eigenvalue weighted by molar-refractivity contribution is -0.131.